The molecule has 38 heavy (non-hydrogen) atoms. The van der Waals surface area contributed by atoms with Gasteiger partial charge in [0.05, 0.1) is 17.1 Å². The number of nitrogen functional groups attached to an aromatic ring is 1. The minimum Gasteiger partial charge on any atom is -0.508 e. The number of phenolic OH excluding ortho intramolecular Hbond substituents is 1. The first-order valence-corrected chi connectivity index (χ1v) is 13.2. The zero-order valence-corrected chi connectivity index (χ0v) is 22.7. The van der Waals surface area contributed by atoms with Crippen LogP contribution in [-0.4, -0.2) is 17.1 Å². The van der Waals surface area contributed by atoms with Gasteiger partial charge in [0.1, 0.15) is 11.9 Å². The van der Waals surface area contributed by atoms with Crippen molar-refractivity contribution in [2.75, 3.05) is 16.4 Å². The summed E-state index contributed by atoms with van der Waals surface area (Å²) < 4.78 is 6.73. The molecule has 0 saturated carbocycles. The monoisotopic (exact) mass is 621 g/mol. The van der Waals surface area contributed by atoms with E-state index < -0.39 is 12.2 Å². The fourth-order valence-corrected chi connectivity index (χ4v) is 4.58. The standard InChI is InChI=1S/C30H28IN3O4/c31-21-17-18-27(35)23(19-21)28(15-2-1-3-16-29(36)33-26-13-7-6-12-24(26)32)38-30(37)34-25-14-8-10-20-9-4-5-11-22(20)25/h3-14,16-19,28,35H,1-2,15,32H2,(H,33,36)(H,34,37)/b16-3+/t28-/m1/s1. The van der Waals surface area contributed by atoms with Crippen LogP contribution in [0.25, 0.3) is 10.8 Å². The van der Waals surface area contributed by atoms with E-state index in [1.807, 2.05) is 42.5 Å². The van der Waals surface area contributed by atoms with E-state index in [1.165, 1.54) is 6.08 Å². The normalized spacial score (nSPS) is 11.8. The minimum absolute atomic E-state index is 0.0590. The van der Waals surface area contributed by atoms with E-state index in [0.29, 0.717) is 41.9 Å². The molecule has 0 unspecified atom stereocenters. The summed E-state index contributed by atoms with van der Waals surface area (Å²) in [5, 5.41) is 18.0. The first-order chi connectivity index (χ1) is 18.4. The van der Waals surface area contributed by atoms with Crippen molar-refractivity contribution in [1.29, 1.82) is 0 Å². The number of anilines is 3. The Balaban J connectivity index is 1.40. The van der Waals surface area contributed by atoms with Crippen molar-refractivity contribution in [2.45, 2.75) is 25.4 Å². The van der Waals surface area contributed by atoms with Gasteiger partial charge in [0, 0.05) is 14.5 Å². The van der Waals surface area contributed by atoms with E-state index in [-0.39, 0.29) is 11.7 Å². The first-order valence-electron chi connectivity index (χ1n) is 12.2. The van der Waals surface area contributed by atoms with Crippen molar-refractivity contribution >= 4 is 62.4 Å². The molecule has 8 heteroatoms. The predicted octanol–water partition coefficient (Wildman–Crippen LogP) is 7.39. The van der Waals surface area contributed by atoms with E-state index >= 15 is 0 Å². The molecule has 0 aliphatic rings. The van der Waals surface area contributed by atoms with Crippen molar-refractivity contribution < 1.29 is 19.4 Å². The van der Waals surface area contributed by atoms with E-state index in [0.717, 1.165) is 14.3 Å². The molecule has 194 valence electrons. The Labute approximate surface area is 234 Å². The van der Waals surface area contributed by atoms with Crippen molar-refractivity contribution in [3.8, 4) is 5.75 Å². The van der Waals surface area contributed by atoms with Crippen LogP contribution in [-0.2, 0) is 9.53 Å². The number of benzene rings is 4. The van der Waals surface area contributed by atoms with Gasteiger partial charge in [-0.25, -0.2) is 4.79 Å². The second kappa shape index (κ2) is 13.0. The van der Waals surface area contributed by atoms with Crippen LogP contribution in [0.3, 0.4) is 0 Å². The molecule has 5 N–H and O–H groups in total. The Morgan fingerprint density at radius 2 is 1.68 bits per heavy atom. The number of aromatic hydroxyl groups is 1. The lowest BCUT2D eigenvalue weighted by Crippen LogP contribution is -2.18. The average molecular weight is 621 g/mol. The number of allylic oxidation sites excluding steroid dienone is 1. The summed E-state index contributed by atoms with van der Waals surface area (Å²) in [6.45, 7) is 0. The summed E-state index contributed by atoms with van der Waals surface area (Å²) in [5.74, 6) is -0.218. The van der Waals surface area contributed by atoms with Crippen molar-refractivity contribution in [3.05, 3.63) is 106 Å². The molecule has 0 saturated heterocycles. The Bertz CT molecular complexity index is 1470. The van der Waals surface area contributed by atoms with Crippen LogP contribution in [0.1, 0.15) is 30.9 Å². The maximum atomic E-state index is 12.9. The van der Waals surface area contributed by atoms with Gasteiger partial charge in [-0.3, -0.25) is 10.1 Å². The third-order valence-electron chi connectivity index (χ3n) is 5.94. The second-order valence-corrected chi connectivity index (χ2v) is 9.90. The number of rotatable bonds is 9. The maximum absolute atomic E-state index is 12.9. The summed E-state index contributed by atoms with van der Waals surface area (Å²) >= 11 is 2.15. The Kier molecular flexibility index (Phi) is 9.21. The highest BCUT2D eigenvalue weighted by atomic mass is 127. The van der Waals surface area contributed by atoms with Gasteiger partial charge in [-0.15, -0.1) is 0 Å². The molecular formula is C30H28IN3O4. The van der Waals surface area contributed by atoms with Crippen LogP contribution < -0.4 is 16.4 Å². The molecule has 0 aliphatic heterocycles. The fraction of sp³-hybridized carbons (Fsp3) is 0.133. The molecule has 4 aromatic rings. The zero-order chi connectivity index (χ0) is 26.9. The van der Waals surface area contributed by atoms with Crippen molar-refractivity contribution in [2.24, 2.45) is 0 Å². The van der Waals surface area contributed by atoms with Gasteiger partial charge in [0.15, 0.2) is 0 Å². The van der Waals surface area contributed by atoms with Crippen LogP contribution in [0.15, 0.2) is 97.1 Å². The first kappa shape index (κ1) is 27.0. The third kappa shape index (κ3) is 7.25. The zero-order valence-electron chi connectivity index (χ0n) is 20.6. The molecule has 0 spiro atoms. The molecule has 0 aromatic heterocycles. The highest BCUT2D eigenvalue weighted by molar-refractivity contribution is 14.1. The Hall–Kier alpha value is -4.05. The van der Waals surface area contributed by atoms with E-state index in [2.05, 4.69) is 33.2 Å². The van der Waals surface area contributed by atoms with Crippen LogP contribution in [0.2, 0.25) is 0 Å². The number of nitrogens with one attached hydrogen (secondary N) is 2. The third-order valence-corrected chi connectivity index (χ3v) is 6.61. The second-order valence-electron chi connectivity index (χ2n) is 8.66. The molecule has 0 fully saturated rings. The van der Waals surface area contributed by atoms with Crippen LogP contribution in [0, 0.1) is 3.57 Å². The highest BCUT2D eigenvalue weighted by Gasteiger charge is 2.21. The van der Waals surface area contributed by atoms with Crippen molar-refractivity contribution in [1.82, 2.24) is 0 Å². The van der Waals surface area contributed by atoms with Gasteiger partial charge >= 0.3 is 6.09 Å². The number of ether oxygens (including phenoxy) is 1. The molecule has 0 aliphatic carbocycles. The lowest BCUT2D eigenvalue weighted by Gasteiger charge is -2.20. The van der Waals surface area contributed by atoms with Crippen LogP contribution in [0.4, 0.5) is 21.9 Å². The largest absolute Gasteiger partial charge is 0.508 e. The number of unbranched alkanes of at least 4 members (excludes halogenated alkanes) is 1. The number of fused-ring (bicyclic) bond motifs is 1. The fourth-order valence-electron chi connectivity index (χ4n) is 4.06. The predicted molar refractivity (Wildman–Crippen MR) is 160 cm³/mol. The van der Waals surface area contributed by atoms with Gasteiger partial charge in [-0.1, -0.05) is 54.6 Å². The summed E-state index contributed by atoms with van der Waals surface area (Å²) in [6, 6.07) is 25.7. The summed E-state index contributed by atoms with van der Waals surface area (Å²) in [5.41, 5.74) is 8.10. The smallest absolute Gasteiger partial charge is 0.412 e. The molecule has 7 nitrogen and oxygen atoms in total. The lowest BCUT2D eigenvalue weighted by molar-refractivity contribution is -0.111. The summed E-state index contributed by atoms with van der Waals surface area (Å²) in [7, 11) is 0. The Morgan fingerprint density at radius 3 is 2.53 bits per heavy atom. The molecule has 0 heterocycles. The molecule has 1 atom stereocenters. The van der Waals surface area contributed by atoms with Crippen molar-refractivity contribution in [3.63, 3.8) is 0 Å². The summed E-state index contributed by atoms with van der Waals surface area (Å²) in [4.78, 5) is 25.1. The average Bonchev–Trinajstić information content (AvgIpc) is 2.91. The molecule has 0 bridgehead atoms. The Morgan fingerprint density at radius 1 is 0.947 bits per heavy atom. The summed E-state index contributed by atoms with van der Waals surface area (Å²) in [6.07, 6.45) is 3.58. The minimum atomic E-state index is -0.675. The molecule has 4 rings (SSSR count). The molecule has 4 aromatic carbocycles. The number of halogens is 1. The topological polar surface area (TPSA) is 114 Å². The van der Waals surface area contributed by atoms with E-state index in [1.54, 1.807) is 48.5 Å². The lowest BCUT2D eigenvalue weighted by atomic mass is 10.0. The van der Waals surface area contributed by atoms with Gasteiger partial charge in [-0.05, 0) is 89.7 Å². The van der Waals surface area contributed by atoms with E-state index in [4.69, 9.17) is 10.5 Å². The van der Waals surface area contributed by atoms with Gasteiger partial charge < -0.3 is 20.9 Å². The number of carbonyl (C=O) groups is 2. The molecule has 2 amide bonds. The number of hydrogen-bond acceptors (Lipinski definition) is 5. The van der Waals surface area contributed by atoms with Crippen LogP contribution in [0.5, 0.6) is 5.75 Å². The highest BCUT2D eigenvalue weighted by Crippen LogP contribution is 2.33. The number of para-hydroxylation sites is 2. The van der Waals surface area contributed by atoms with Crippen LogP contribution >= 0.6 is 22.6 Å². The van der Waals surface area contributed by atoms with Gasteiger partial charge in [0.25, 0.3) is 0 Å². The number of carbonyl (C=O) groups excluding carboxylic acids is 2. The number of amides is 2. The number of phenols is 1. The van der Waals surface area contributed by atoms with Gasteiger partial charge in [0.2, 0.25) is 5.91 Å². The quantitative estimate of drug-likeness (QED) is 0.0674. The number of nitrogens with two attached hydrogens (primary N) is 1. The van der Waals surface area contributed by atoms with E-state index in [9.17, 15) is 14.7 Å². The molecule has 0 radical (unpaired) electrons. The maximum Gasteiger partial charge on any atom is 0.412 e. The molecular weight excluding hydrogens is 593 g/mol. The number of hydrogen-bond donors (Lipinski definition) is 4. The SMILES string of the molecule is Nc1ccccc1NC(=O)/C=C/CCC[C@@H](OC(=O)Nc1cccc2ccccc12)c1cc(I)ccc1O. The van der Waals surface area contributed by atoms with Gasteiger partial charge in [-0.2, -0.15) is 0 Å².